The predicted octanol–water partition coefficient (Wildman–Crippen LogP) is 2.08. The minimum atomic E-state index is -0.308. The molecule has 1 saturated heterocycles. The number of amides is 1. The summed E-state index contributed by atoms with van der Waals surface area (Å²) in [6, 6.07) is 5.66. The van der Waals surface area contributed by atoms with E-state index in [4.69, 9.17) is 4.74 Å². The Bertz CT molecular complexity index is 694. The van der Waals surface area contributed by atoms with Gasteiger partial charge in [-0.15, -0.1) is 0 Å². The molecule has 0 aliphatic carbocycles. The fourth-order valence-electron chi connectivity index (χ4n) is 2.93. The van der Waals surface area contributed by atoms with Crippen molar-refractivity contribution in [3.05, 3.63) is 41.9 Å². The van der Waals surface area contributed by atoms with Crippen molar-refractivity contribution in [2.75, 3.05) is 19.7 Å². The summed E-state index contributed by atoms with van der Waals surface area (Å²) < 4.78 is 7.44. The van der Waals surface area contributed by atoms with Gasteiger partial charge in [0.1, 0.15) is 0 Å². The zero-order valence-electron chi connectivity index (χ0n) is 13.8. The van der Waals surface area contributed by atoms with E-state index >= 15 is 0 Å². The lowest BCUT2D eigenvalue weighted by atomic mass is 10.1. The molecule has 0 bridgehead atoms. The van der Waals surface area contributed by atoms with Crippen LogP contribution in [0.1, 0.15) is 36.8 Å². The summed E-state index contributed by atoms with van der Waals surface area (Å²) in [4.78, 5) is 19.1. The lowest BCUT2D eigenvalue weighted by molar-refractivity contribution is -0.0764. The summed E-state index contributed by atoms with van der Waals surface area (Å²) in [5.41, 5.74) is 1.23. The van der Waals surface area contributed by atoms with E-state index in [9.17, 15) is 4.79 Å². The van der Waals surface area contributed by atoms with E-state index in [1.165, 1.54) is 0 Å². The highest BCUT2D eigenvalue weighted by Gasteiger charge is 2.32. The number of hydrogen-bond acceptors (Lipinski definition) is 4. The van der Waals surface area contributed by atoms with Gasteiger partial charge in [-0.3, -0.25) is 4.79 Å². The van der Waals surface area contributed by atoms with Crippen molar-refractivity contribution in [1.29, 1.82) is 0 Å². The Kier molecular flexibility index (Phi) is 4.17. The van der Waals surface area contributed by atoms with Crippen LogP contribution >= 0.6 is 0 Å². The molecule has 0 N–H and O–H groups in total. The van der Waals surface area contributed by atoms with Crippen molar-refractivity contribution >= 4 is 5.91 Å². The average Bonchev–Trinajstić information content (AvgIpc) is 2.98. The van der Waals surface area contributed by atoms with Crippen LogP contribution < -0.4 is 0 Å². The monoisotopic (exact) mass is 314 g/mol. The van der Waals surface area contributed by atoms with E-state index in [-0.39, 0.29) is 11.5 Å². The Hall–Kier alpha value is -2.21. The molecular formula is C17H22N4O2. The van der Waals surface area contributed by atoms with E-state index in [1.807, 2.05) is 43.9 Å². The number of carbonyl (C=O) groups excluding carboxylic acids is 1. The number of hydrogen-bond donors (Lipinski definition) is 0. The van der Waals surface area contributed by atoms with Crippen molar-refractivity contribution in [1.82, 2.24) is 19.7 Å². The fraction of sp³-hybridized carbons (Fsp3) is 0.471. The molecule has 23 heavy (non-hydrogen) atoms. The highest BCUT2D eigenvalue weighted by molar-refractivity contribution is 5.95. The van der Waals surface area contributed by atoms with Gasteiger partial charge >= 0.3 is 0 Å². The highest BCUT2D eigenvalue weighted by Crippen LogP contribution is 2.21. The lowest BCUT2D eigenvalue weighted by Gasteiger charge is -2.38. The zero-order chi connectivity index (χ0) is 16.4. The third-order valence-electron chi connectivity index (χ3n) is 4.01. The number of ether oxygens (including phenoxy) is 1. The van der Waals surface area contributed by atoms with Crippen molar-refractivity contribution in [2.45, 2.75) is 32.8 Å². The molecule has 3 rings (SSSR count). The number of rotatable bonds is 3. The smallest absolute Gasteiger partial charge is 0.257 e. The van der Waals surface area contributed by atoms with Gasteiger partial charge in [0.25, 0.3) is 5.91 Å². The molecule has 0 atom stereocenters. The molecule has 0 spiro atoms. The van der Waals surface area contributed by atoms with Crippen LogP contribution in [0.4, 0.5) is 0 Å². The topological polar surface area (TPSA) is 60.3 Å². The molecule has 2 aromatic rings. The second kappa shape index (κ2) is 6.12. The first-order chi connectivity index (χ1) is 11.0. The van der Waals surface area contributed by atoms with Crippen LogP contribution in [-0.2, 0) is 11.2 Å². The van der Waals surface area contributed by atoms with Gasteiger partial charge in [0.05, 0.1) is 29.7 Å². The fourth-order valence-corrected chi connectivity index (χ4v) is 2.93. The summed E-state index contributed by atoms with van der Waals surface area (Å²) in [6.07, 6.45) is 4.09. The van der Waals surface area contributed by atoms with Crippen molar-refractivity contribution in [3.8, 4) is 5.82 Å². The van der Waals surface area contributed by atoms with Gasteiger partial charge in [0.2, 0.25) is 0 Å². The number of pyridine rings is 1. The van der Waals surface area contributed by atoms with E-state index < -0.39 is 0 Å². The molecule has 6 heteroatoms. The van der Waals surface area contributed by atoms with Gasteiger partial charge in [-0.05, 0) is 32.4 Å². The van der Waals surface area contributed by atoms with E-state index in [0.717, 1.165) is 11.5 Å². The van der Waals surface area contributed by atoms with Crippen molar-refractivity contribution in [3.63, 3.8) is 0 Å². The number of nitrogens with zero attached hydrogens (tertiary/aromatic N) is 4. The van der Waals surface area contributed by atoms with Crippen LogP contribution in [0.25, 0.3) is 5.82 Å². The molecule has 2 aromatic heterocycles. The Labute approximate surface area is 136 Å². The normalized spacial score (nSPS) is 17.3. The first-order valence-electron chi connectivity index (χ1n) is 7.93. The molecule has 1 aliphatic rings. The largest absolute Gasteiger partial charge is 0.372 e. The summed E-state index contributed by atoms with van der Waals surface area (Å²) >= 11 is 0. The molecule has 1 fully saturated rings. The standard InChI is InChI=1S/C17H22N4O2/c1-4-14-13(11-19-21(14)15-7-5-6-8-18-15)16(22)20-9-10-23-17(2,3)12-20/h5-8,11H,4,9-10,12H2,1-3H3. The van der Waals surface area contributed by atoms with Crippen LogP contribution in [0.15, 0.2) is 30.6 Å². The quantitative estimate of drug-likeness (QED) is 0.870. The first-order valence-corrected chi connectivity index (χ1v) is 7.93. The minimum Gasteiger partial charge on any atom is -0.372 e. The van der Waals surface area contributed by atoms with Crippen LogP contribution in [0.2, 0.25) is 0 Å². The van der Waals surface area contributed by atoms with E-state index in [1.54, 1.807) is 17.1 Å². The summed E-state index contributed by atoms with van der Waals surface area (Å²) in [7, 11) is 0. The summed E-state index contributed by atoms with van der Waals surface area (Å²) in [5.74, 6) is 0.742. The Morgan fingerprint density at radius 3 is 2.87 bits per heavy atom. The van der Waals surface area contributed by atoms with Gasteiger partial charge in [-0.1, -0.05) is 13.0 Å². The number of morpholine rings is 1. The molecule has 0 radical (unpaired) electrons. The maximum Gasteiger partial charge on any atom is 0.257 e. The Morgan fingerprint density at radius 1 is 1.39 bits per heavy atom. The SMILES string of the molecule is CCc1c(C(=O)N2CCOC(C)(C)C2)cnn1-c1ccccn1. The van der Waals surface area contributed by atoms with Crippen molar-refractivity contribution < 1.29 is 9.53 Å². The molecule has 122 valence electrons. The van der Waals surface area contributed by atoms with E-state index in [0.29, 0.717) is 31.7 Å². The third-order valence-corrected chi connectivity index (χ3v) is 4.01. The second-order valence-corrected chi connectivity index (χ2v) is 6.29. The van der Waals surface area contributed by atoms with Crippen LogP contribution in [0.5, 0.6) is 0 Å². The molecule has 0 saturated carbocycles. The van der Waals surface area contributed by atoms with Crippen molar-refractivity contribution in [2.24, 2.45) is 0 Å². The average molecular weight is 314 g/mol. The summed E-state index contributed by atoms with van der Waals surface area (Å²) in [5, 5.41) is 4.38. The molecule has 1 aliphatic heterocycles. The molecule has 1 amide bonds. The lowest BCUT2D eigenvalue weighted by Crippen LogP contribution is -2.50. The Balaban J connectivity index is 1.91. The van der Waals surface area contributed by atoms with Gasteiger partial charge in [0, 0.05) is 19.3 Å². The van der Waals surface area contributed by atoms with Crippen LogP contribution in [-0.4, -0.2) is 50.9 Å². The third kappa shape index (κ3) is 3.12. The molecular weight excluding hydrogens is 292 g/mol. The maximum absolute atomic E-state index is 12.9. The maximum atomic E-state index is 12.9. The molecule has 0 aromatic carbocycles. The van der Waals surface area contributed by atoms with Crippen LogP contribution in [0.3, 0.4) is 0 Å². The van der Waals surface area contributed by atoms with Gasteiger partial charge in [-0.2, -0.15) is 5.10 Å². The predicted molar refractivity (Wildman–Crippen MR) is 86.7 cm³/mol. The summed E-state index contributed by atoms with van der Waals surface area (Å²) in [6.45, 7) is 7.80. The van der Waals surface area contributed by atoms with Crippen LogP contribution in [0, 0.1) is 0 Å². The van der Waals surface area contributed by atoms with Gasteiger partial charge in [0.15, 0.2) is 5.82 Å². The zero-order valence-corrected chi connectivity index (χ0v) is 13.8. The second-order valence-electron chi connectivity index (χ2n) is 6.29. The highest BCUT2D eigenvalue weighted by atomic mass is 16.5. The number of carbonyl (C=O) groups is 1. The molecule has 6 nitrogen and oxygen atoms in total. The molecule has 3 heterocycles. The Morgan fingerprint density at radius 2 is 2.22 bits per heavy atom. The number of aromatic nitrogens is 3. The first kappa shape index (κ1) is 15.7. The van der Waals surface area contributed by atoms with Gasteiger partial charge < -0.3 is 9.64 Å². The van der Waals surface area contributed by atoms with E-state index in [2.05, 4.69) is 10.1 Å². The minimum absolute atomic E-state index is 0.0143. The van der Waals surface area contributed by atoms with Gasteiger partial charge in [-0.25, -0.2) is 9.67 Å². The molecule has 0 unspecified atom stereocenters.